The van der Waals surface area contributed by atoms with Crippen LogP contribution in [0, 0.1) is 5.82 Å². The highest BCUT2D eigenvalue weighted by molar-refractivity contribution is 7.86. The maximum Gasteiger partial charge on any atom is 0.321 e. The second-order valence-electron chi connectivity index (χ2n) is 3.44. The number of halogens is 1. The van der Waals surface area contributed by atoms with E-state index in [4.69, 9.17) is 0 Å². The molecule has 0 aliphatic carbocycles. The minimum atomic E-state index is -1.86. The molecule has 0 bridgehead atoms. The lowest BCUT2D eigenvalue weighted by molar-refractivity contribution is -0.119. The topological polar surface area (TPSA) is 75.3 Å². The molecule has 2 unspecified atom stereocenters. The Hall–Kier alpha value is -1.76. The van der Waals surface area contributed by atoms with Gasteiger partial charge in [0.1, 0.15) is 11.1 Å². The highest BCUT2D eigenvalue weighted by Gasteiger charge is 2.24. The van der Waals surface area contributed by atoms with Gasteiger partial charge in [-0.1, -0.05) is 12.1 Å². The van der Waals surface area contributed by atoms with Crippen LogP contribution in [-0.4, -0.2) is 28.4 Å². The smallest absolute Gasteiger partial charge is 0.321 e. The summed E-state index contributed by atoms with van der Waals surface area (Å²) in [4.78, 5) is 22.4. The zero-order valence-corrected chi connectivity index (χ0v) is 10.7. The molecule has 3 amide bonds. The minimum absolute atomic E-state index is 0.0583. The number of urea groups is 1. The summed E-state index contributed by atoms with van der Waals surface area (Å²) in [7, 11) is -0.507. The summed E-state index contributed by atoms with van der Waals surface area (Å²) in [5.41, 5.74) is 0. The van der Waals surface area contributed by atoms with Gasteiger partial charge in [-0.25, -0.2) is 9.18 Å². The number of imide groups is 1. The van der Waals surface area contributed by atoms with Crippen LogP contribution in [0.3, 0.4) is 0 Å². The molecule has 0 aromatic heterocycles. The number of hydrogen-bond donors (Lipinski definition) is 2. The molecule has 0 heterocycles. The first kappa shape index (κ1) is 14.3. The van der Waals surface area contributed by atoms with Crippen LogP contribution in [0.2, 0.25) is 0 Å². The van der Waals surface area contributed by atoms with Gasteiger partial charge in [0.25, 0.3) is 0 Å². The van der Waals surface area contributed by atoms with Crippen LogP contribution in [0.25, 0.3) is 0 Å². The third-order valence-corrected chi connectivity index (χ3v) is 3.83. The van der Waals surface area contributed by atoms with Crippen molar-refractivity contribution in [1.29, 1.82) is 0 Å². The van der Waals surface area contributed by atoms with Gasteiger partial charge < -0.3 is 5.32 Å². The van der Waals surface area contributed by atoms with Gasteiger partial charge in [-0.3, -0.25) is 14.3 Å². The van der Waals surface area contributed by atoms with Crippen LogP contribution in [0.5, 0.6) is 0 Å². The molecule has 5 nitrogen and oxygen atoms in total. The predicted molar refractivity (Wildman–Crippen MR) is 64.9 cm³/mol. The molecule has 0 aliphatic heterocycles. The largest absolute Gasteiger partial charge is 0.341 e. The highest BCUT2D eigenvalue weighted by Crippen LogP contribution is 2.15. The van der Waals surface area contributed by atoms with Crippen molar-refractivity contribution >= 4 is 22.7 Å². The first-order chi connectivity index (χ1) is 8.47. The molecule has 2 N–H and O–H groups in total. The van der Waals surface area contributed by atoms with Crippen molar-refractivity contribution in [3.8, 4) is 0 Å². The van der Waals surface area contributed by atoms with E-state index in [0.717, 1.165) is 6.07 Å². The lowest BCUT2D eigenvalue weighted by Gasteiger charge is -2.11. The fourth-order valence-corrected chi connectivity index (χ4v) is 2.28. The quantitative estimate of drug-likeness (QED) is 0.853. The molecule has 0 fully saturated rings. The Morgan fingerprint density at radius 2 is 1.94 bits per heavy atom. The van der Waals surface area contributed by atoms with Crippen molar-refractivity contribution < 1.29 is 18.2 Å². The molecule has 98 valence electrons. The third kappa shape index (κ3) is 3.36. The predicted octanol–water partition coefficient (Wildman–Crippen LogP) is 0.777. The Morgan fingerprint density at radius 1 is 1.33 bits per heavy atom. The average Bonchev–Trinajstić information content (AvgIpc) is 2.37. The SMILES string of the molecule is CNC(=O)NC(=O)C(C)S(=O)c1ccccc1F. The molecular formula is C11H13FN2O3S. The normalized spacial score (nSPS) is 13.5. The summed E-state index contributed by atoms with van der Waals surface area (Å²) in [5, 5.41) is 3.16. The Kier molecular flexibility index (Phi) is 4.96. The summed E-state index contributed by atoms with van der Waals surface area (Å²) >= 11 is 0. The van der Waals surface area contributed by atoms with Gasteiger partial charge in [-0.2, -0.15) is 0 Å². The van der Waals surface area contributed by atoms with Gasteiger partial charge in [0.05, 0.1) is 15.7 Å². The lowest BCUT2D eigenvalue weighted by Crippen LogP contribution is -2.43. The molecule has 2 atom stereocenters. The first-order valence-corrected chi connectivity index (χ1v) is 6.36. The molecule has 1 aromatic rings. The Morgan fingerprint density at radius 3 is 2.50 bits per heavy atom. The fraction of sp³-hybridized carbons (Fsp3) is 0.273. The number of rotatable bonds is 3. The van der Waals surface area contributed by atoms with Crippen molar-refractivity contribution in [2.45, 2.75) is 17.1 Å². The molecule has 0 aliphatic rings. The molecule has 0 spiro atoms. The Balaban J connectivity index is 2.82. The second kappa shape index (κ2) is 6.25. The van der Waals surface area contributed by atoms with Gasteiger partial charge in [0.15, 0.2) is 0 Å². The van der Waals surface area contributed by atoms with E-state index in [2.05, 4.69) is 5.32 Å². The molecule has 18 heavy (non-hydrogen) atoms. The number of carbonyl (C=O) groups excluding carboxylic acids is 2. The van der Waals surface area contributed by atoms with E-state index in [1.54, 1.807) is 0 Å². The van der Waals surface area contributed by atoms with E-state index >= 15 is 0 Å². The Bertz CT molecular complexity index is 493. The summed E-state index contributed by atoms with van der Waals surface area (Å²) in [6, 6.07) is 4.80. The average molecular weight is 272 g/mol. The van der Waals surface area contributed by atoms with Crippen molar-refractivity contribution in [3.05, 3.63) is 30.1 Å². The lowest BCUT2D eigenvalue weighted by atomic mass is 10.3. The van der Waals surface area contributed by atoms with Gasteiger partial charge in [0.2, 0.25) is 5.91 Å². The van der Waals surface area contributed by atoms with E-state index in [-0.39, 0.29) is 4.90 Å². The van der Waals surface area contributed by atoms with Crippen LogP contribution < -0.4 is 10.6 Å². The molecule has 1 aromatic carbocycles. The summed E-state index contributed by atoms with van der Waals surface area (Å²) in [5.74, 6) is -1.37. The zero-order chi connectivity index (χ0) is 13.7. The zero-order valence-electron chi connectivity index (χ0n) is 9.90. The summed E-state index contributed by atoms with van der Waals surface area (Å²) in [6.45, 7) is 1.36. The molecule has 1 rings (SSSR count). The van der Waals surface area contributed by atoms with Crippen molar-refractivity contribution in [2.24, 2.45) is 0 Å². The van der Waals surface area contributed by atoms with Crippen molar-refractivity contribution in [2.75, 3.05) is 7.05 Å². The van der Waals surface area contributed by atoms with Gasteiger partial charge in [-0.15, -0.1) is 0 Å². The van der Waals surface area contributed by atoms with Crippen LogP contribution in [-0.2, 0) is 15.6 Å². The summed E-state index contributed by atoms with van der Waals surface area (Å²) in [6.07, 6.45) is 0. The molecule has 0 radical (unpaired) electrons. The maximum absolute atomic E-state index is 13.4. The van der Waals surface area contributed by atoms with Gasteiger partial charge in [-0.05, 0) is 19.1 Å². The number of nitrogens with one attached hydrogen (secondary N) is 2. The van der Waals surface area contributed by atoms with Crippen molar-refractivity contribution in [3.63, 3.8) is 0 Å². The van der Waals surface area contributed by atoms with E-state index in [1.165, 1.54) is 32.2 Å². The number of carbonyl (C=O) groups is 2. The number of benzene rings is 1. The fourth-order valence-electron chi connectivity index (χ4n) is 1.17. The van der Waals surface area contributed by atoms with E-state index in [0.29, 0.717) is 0 Å². The minimum Gasteiger partial charge on any atom is -0.341 e. The van der Waals surface area contributed by atoms with E-state index < -0.39 is 33.8 Å². The van der Waals surface area contributed by atoms with Crippen LogP contribution in [0.15, 0.2) is 29.2 Å². The summed E-state index contributed by atoms with van der Waals surface area (Å²) < 4.78 is 25.3. The van der Waals surface area contributed by atoms with Gasteiger partial charge >= 0.3 is 6.03 Å². The van der Waals surface area contributed by atoms with Crippen molar-refractivity contribution in [1.82, 2.24) is 10.6 Å². The molecular weight excluding hydrogens is 259 g/mol. The standard InChI is InChI=1S/C11H13FN2O3S/c1-7(10(15)14-11(16)13-2)18(17)9-6-4-3-5-8(9)12/h3-7H,1-2H3,(H2,13,14,15,16). The molecule has 0 saturated heterocycles. The number of amides is 3. The maximum atomic E-state index is 13.4. The monoisotopic (exact) mass is 272 g/mol. The first-order valence-electron chi connectivity index (χ1n) is 5.15. The number of hydrogen-bond acceptors (Lipinski definition) is 3. The third-order valence-electron chi connectivity index (χ3n) is 2.21. The highest BCUT2D eigenvalue weighted by atomic mass is 32.2. The van der Waals surface area contributed by atoms with Crippen LogP contribution in [0.1, 0.15) is 6.92 Å². The van der Waals surface area contributed by atoms with E-state index in [1.807, 2.05) is 5.32 Å². The molecule has 7 heteroatoms. The van der Waals surface area contributed by atoms with Gasteiger partial charge in [0, 0.05) is 7.05 Å². The second-order valence-corrected chi connectivity index (χ2v) is 5.18. The Labute approximate surface area is 106 Å². The van der Waals surface area contributed by atoms with Crippen LogP contribution in [0.4, 0.5) is 9.18 Å². The van der Waals surface area contributed by atoms with E-state index in [9.17, 15) is 18.2 Å². The van der Waals surface area contributed by atoms with Crippen LogP contribution >= 0.6 is 0 Å². The molecule has 0 saturated carbocycles.